The maximum Gasteiger partial charge on any atom is 0.266 e. The SMILES string of the molecule is Cc1nc(N[C@H](C)c2cccc(C(F)F)c2F)c2cc(N3CC4(CNC(=O)C4)C3)ncc2n1. The second-order valence-corrected chi connectivity index (χ2v) is 8.91. The molecule has 5 rings (SSSR count). The van der Waals surface area contributed by atoms with E-state index in [1.807, 2.05) is 6.07 Å². The number of amides is 1. The van der Waals surface area contributed by atoms with Gasteiger partial charge in [-0.1, -0.05) is 18.2 Å². The van der Waals surface area contributed by atoms with Crippen LogP contribution in [0.25, 0.3) is 10.9 Å². The van der Waals surface area contributed by atoms with E-state index in [9.17, 15) is 18.0 Å². The van der Waals surface area contributed by atoms with E-state index in [4.69, 9.17) is 0 Å². The average Bonchev–Trinajstić information content (AvgIpc) is 3.14. The zero-order chi connectivity index (χ0) is 23.3. The second-order valence-electron chi connectivity index (χ2n) is 8.91. The van der Waals surface area contributed by atoms with Gasteiger partial charge in [-0.2, -0.15) is 0 Å². The van der Waals surface area contributed by atoms with Crippen molar-refractivity contribution in [2.45, 2.75) is 32.7 Å². The molecule has 0 aliphatic carbocycles. The van der Waals surface area contributed by atoms with Crippen LogP contribution in [-0.2, 0) is 4.79 Å². The number of carbonyl (C=O) groups excluding carboxylic acids is 1. The highest BCUT2D eigenvalue weighted by Crippen LogP contribution is 2.40. The van der Waals surface area contributed by atoms with Crippen molar-refractivity contribution in [3.8, 4) is 0 Å². The minimum Gasteiger partial charge on any atom is -0.363 e. The molecule has 1 aromatic carbocycles. The molecule has 172 valence electrons. The Morgan fingerprint density at radius 2 is 1.97 bits per heavy atom. The lowest BCUT2D eigenvalue weighted by atomic mass is 9.79. The number of carbonyl (C=O) groups is 1. The summed E-state index contributed by atoms with van der Waals surface area (Å²) in [5.74, 6) is 0.876. The molecule has 2 aliphatic heterocycles. The van der Waals surface area contributed by atoms with Crippen molar-refractivity contribution >= 4 is 28.4 Å². The first kappa shape index (κ1) is 21.4. The number of nitrogens with one attached hydrogen (secondary N) is 2. The summed E-state index contributed by atoms with van der Waals surface area (Å²) in [4.78, 5) is 27.2. The number of alkyl halides is 2. The lowest BCUT2D eigenvalue weighted by Gasteiger charge is -2.47. The van der Waals surface area contributed by atoms with Crippen LogP contribution in [0.3, 0.4) is 0 Å². The number of benzene rings is 1. The Labute approximate surface area is 188 Å². The van der Waals surface area contributed by atoms with Gasteiger partial charge in [-0.05, 0) is 19.9 Å². The van der Waals surface area contributed by atoms with E-state index in [0.717, 1.165) is 25.0 Å². The molecule has 0 bridgehead atoms. The molecule has 2 aliphatic rings. The van der Waals surface area contributed by atoms with E-state index in [0.29, 0.717) is 35.5 Å². The van der Waals surface area contributed by atoms with Crippen molar-refractivity contribution < 1.29 is 18.0 Å². The fourth-order valence-electron chi connectivity index (χ4n) is 4.68. The predicted octanol–water partition coefficient (Wildman–Crippen LogP) is 3.91. The molecule has 2 saturated heterocycles. The third-order valence-corrected chi connectivity index (χ3v) is 6.37. The van der Waals surface area contributed by atoms with Crippen LogP contribution in [0.4, 0.5) is 24.8 Å². The predicted molar refractivity (Wildman–Crippen MR) is 118 cm³/mol. The second kappa shape index (κ2) is 7.86. The Bertz CT molecular complexity index is 1240. The van der Waals surface area contributed by atoms with Crippen molar-refractivity contribution in [3.63, 3.8) is 0 Å². The largest absolute Gasteiger partial charge is 0.363 e. The first-order chi connectivity index (χ1) is 15.7. The van der Waals surface area contributed by atoms with Crippen LogP contribution < -0.4 is 15.5 Å². The number of rotatable bonds is 5. The lowest BCUT2D eigenvalue weighted by molar-refractivity contribution is -0.119. The van der Waals surface area contributed by atoms with Crippen LogP contribution in [0, 0.1) is 18.2 Å². The molecular weight excluding hydrogens is 433 g/mol. The van der Waals surface area contributed by atoms with Gasteiger partial charge in [0.15, 0.2) is 0 Å². The molecule has 1 amide bonds. The summed E-state index contributed by atoms with van der Waals surface area (Å²) in [6.07, 6.45) is -0.707. The molecule has 33 heavy (non-hydrogen) atoms. The standard InChI is InChI=1S/C23H23F3N6O/c1-12(14-4-3-5-15(20(14)24)21(25)26)29-22-16-6-18(27-8-17(16)30-13(2)31-22)32-10-23(11-32)7-19(33)28-9-23/h3-6,8,12,21H,7,9-11H2,1-2H3,(H,28,33)(H,29,30,31)/t12-/m1/s1. The van der Waals surface area contributed by atoms with Crippen LogP contribution >= 0.6 is 0 Å². The van der Waals surface area contributed by atoms with Gasteiger partial charge in [-0.15, -0.1) is 0 Å². The summed E-state index contributed by atoms with van der Waals surface area (Å²) in [5, 5.41) is 6.76. The van der Waals surface area contributed by atoms with Crippen LogP contribution in [-0.4, -0.2) is 40.5 Å². The van der Waals surface area contributed by atoms with Crippen LogP contribution in [0.15, 0.2) is 30.5 Å². The van der Waals surface area contributed by atoms with E-state index >= 15 is 0 Å². The number of fused-ring (bicyclic) bond motifs is 1. The number of anilines is 2. The minimum absolute atomic E-state index is 0.0413. The van der Waals surface area contributed by atoms with Crippen molar-refractivity contribution in [2.75, 3.05) is 29.9 Å². The fourth-order valence-corrected chi connectivity index (χ4v) is 4.68. The molecule has 0 unspecified atom stereocenters. The van der Waals surface area contributed by atoms with Crippen molar-refractivity contribution in [1.29, 1.82) is 0 Å². The van der Waals surface area contributed by atoms with Crippen molar-refractivity contribution in [1.82, 2.24) is 20.3 Å². The van der Waals surface area contributed by atoms with Crippen molar-refractivity contribution in [3.05, 3.63) is 53.2 Å². The number of aromatic nitrogens is 3. The molecule has 10 heteroatoms. The summed E-state index contributed by atoms with van der Waals surface area (Å²) in [6, 6.07) is 5.25. The average molecular weight is 456 g/mol. The van der Waals surface area contributed by atoms with Gasteiger partial charge in [0, 0.05) is 42.4 Å². The first-order valence-electron chi connectivity index (χ1n) is 10.7. The third kappa shape index (κ3) is 3.83. The maximum atomic E-state index is 14.7. The molecule has 3 aromatic rings. The minimum atomic E-state index is -2.89. The van der Waals surface area contributed by atoms with E-state index in [-0.39, 0.29) is 16.9 Å². The smallest absolute Gasteiger partial charge is 0.266 e. The summed E-state index contributed by atoms with van der Waals surface area (Å²) in [5.41, 5.74) is 0.0913. The molecule has 2 fully saturated rings. The molecule has 2 N–H and O–H groups in total. The van der Waals surface area contributed by atoms with E-state index in [1.165, 1.54) is 12.1 Å². The zero-order valence-electron chi connectivity index (χ0n) is 18.2. The van der Waals surface area contributed by atoms with E-state index in [1.54, 1.807) is 20.0 Å². The molecule has 1 spiro atoms. The monoisotopic (exact) mass is 456 g/mol. The number of pyridine rings is 1. The highest BCUT2D eigenvalue weighted by Gasteiger charge is 2.48. The highest BCUT2D eigenvalue weighted by atomic mass is 19.3. The van der Waals surface area contributed by atoms with Gasteiger partial charge in [-0.3, -0.25) is 4.79 Å². The quantitative estimate of drug-likeness (QED) is 0.606. The summed E-state index contributed by atoms with van der Waals surface area (Å²) >= 11 is 0. The molecule has 0 radical (unpaired) electrons. The van der Waals surface area contributed by atoms with E-state index in [2.05, 4.69) is 30.5 Å². The Balaban J connectivity index is 1.44. The molecule has 7 nitrogen and oxygen atoms in total. The van der Waals surface area contributed by atoms with Crippen LogP contribution in [0.1, 0.15) is 42.8 Å². The van der Waals surface area contributed by atoms with Gasteiger partial charge in [0.25, 0.3) is 6.43 Å². The van der Waals surface area contributed by atoms with Gasteiger partial charge in [-0.25, -0.2) is 28.1 Å². The van der Waals surface area contributed by atoms with E-state index < -0.39 is 23.8 Å². The van der Waals surface area contributed by atoms with Gasteiger partial charge in [0.05, 0.1) is 23.3 Å². The van der Waals surface area contributed by atoms with Crippen molar-refractivity contribution in [2.24, 2.45) is 5.41 Å². The van der Waals surface area contributed by atoms with Gasteiger partial charge in [0.2, 0.25) is 5.91 Å². The number of hydrogen-bond acceptors (Lipinski definition) is 6. The Morgan fingerprint density at radius 1 is 1.21 bits per heavy atom. The number of nitrogens with zero attached hydrogens (tertiary/aromatic N) is 4. The normalized spacial score (nSPS) is 18.0. The number of hydrogen-bond donors (Lipinski definition) is 2. The Kier molecular flexibility index (Phi) is 5.10. The Morgan fingerprint density at radius 3 is 2.67 bits per heavy atom. The van der Waals surface area contributed by atoms with Gasteiger partial charge in [0.1, 0.15) is 23.3 Å². The topological polar surface area (TPSA) is 83.0 Å². The van der Waals surface area contributed by atoms with Gasteiger partial charge < -0.3 is 15.5 Å². The summed E-state index contributed by atoms with van der Waals surface area (Å²) < 4.78 is 40.9. The molecular formula is C23H23F3N6O. The zero-order valence-corrected chi connectivity index (χ0v) is 18.2. The molecule has 4 heterocycles. The summed E-state index contributed by atoms with van der Waals surface area (Å²) in [7, 11) is 0. The Hall–Kier alpha value is -3.43. The molecule has 0 saturated carbocycles. The fraction of sp³-hybridized carbons (Fsp3) is 0.391. The first-order valence-corrected chi connectivity index (χ1v) is 10.7. The number of halogens is 3. The van der Waals surface area contributed by atoms with Crippen LogP contribution in [0.5, 0.6) is 0 Å². The lowest BCUT2D eigenvalue weighted by Crippen LogP contribution is -2.57. The maximum absolute atomic E-state index is 14.7. The highest BCUT2D eigenvalue weighted by molar-refractivity contribution is 5.91. The van der Waals surface area contributed by atoms with Gasteiger partial charge >= 0.3 is 0 Å². The third-order valence-electron chi connectivity index (χ3n) is 6.37. The molecule has 2 aromatic heterocycles. The van der Waals surface area contributed by atoms with Crippen LogP contribution in [0.2, 0.25) is 0 Å². The number of aryl methyl sites for hydroxylation is 1. The summed E-state index contributed by atoms with van der Waals surface area (Å²) in [6.45, 7) is 5.56. The molecule has 1 atom stereocenters.